The minimum absolute atomic E-state index is 0.0994. The lowest BCUT2D eigenvalue weighted by Crippen LogP contribution is -2.24. The Hall–Kier alpha value is -1.49. The van der Waals surface area contributed by atoms with Crippen molar-refractivity contribution < 1.29 is 9.31 Å². The summed E-state index contributed by atoms with van der Waals surface area (Å²) in [6, 6.07) is 3.14. The molecule has 2 rings (SSSR count). The monoisotopic (exact) mass is 252 g/mol. The van der Waals surface area contributed by atoms with Crippen LogP contribution in [0.25, 0.3) is 0 Å². The molecule has 5 heteroatoms. The lowest BCUT2D eigenvalue weighted by molar-refractivity contribution is -0.385. The number of nitro benzene ring substituents is 1. The van der Waals surface area contributed by atoms with Crippen LogP contribution >= 0.6 is 0 Å². The van der Waals surface area contributed by atoms with E-state index in [1.54, 1.807) is 0 Å². The first-order chi connectivity index (χ1) is 8.59. The number of nitrogens with zero attached hydrogens (tertiary/aromatic N) is 1. The van der Waals surface area contributed by atoms with Gasteiger partial charge < -0.3 is 5.73 Å². The second-order valence-corrected chi connectivity index (χ2v) is 4.89. The lowest BCUT2D eigenvalue weighted by atomic mass is 9.81. The van der Waals surface area contributed by atoms with Crippen molar-refractivity contribution in [3.63, 3.8) is 0 Å². The number of nitrogens with two attached hydrogens (primary N) is 1. The SMILES string of the molecule is N[C@@H](c1cc([N+](=O)[O-])ccc1F)C1CCCCC1. The van der Waals surface area contributed by atoms with Crippen LogP contribution in [0.4, 0.5) is 10.1 Å². The molecular weight excluding hydrogens is 235 g/mol. The fourth-order valence-corrected chi connectivity index (χ4v) is 2.65. The van der Waals surface area contributed by atoms with Crippen LogP contribution in [0.3, 0.4) is 0 Å². The fraction of sp³-hybridized carbons (Fsp3) is 0.538. The Morgan fingerprint density at radius 1 is 1.33 bits per heavy atom. The van der Waals surface area contributed by atoms with Gasteiger partial charge in [-0.1, -0.05) is 19.3 Å². The van der Waals surface area contributed by atoms with Crippen molar-refractivity contribution in [2.45, 2.75) is 38.1 Å². The van der Waals surface area contributed by atoms with Gasteiger partial charge in [-0.05, 0) is 24.8 Å². The maximum Gasteiger partial charge on any atom is 0.269 e. The zero-order valence-corrected chi connectivity index (χ0v) is 10.1. The molecule has 1 atom stereocenters. The van der Waals surface area contributed by atoms with Crippen LogP contribution in [0.1, 0.15) is 43.7 Å². The number of nitro groups is 1. The predicted molar refractivity (Wildman–Crippen MR) is 66.6 cm³/mol. The molecule has 0 bridgehead atoms. The predicted octanol–water partition coefficient (Wildman–Crippen LogP) is 3.31. The van der Waals surface area contributed by atoms with Crippen molar-refractivity contribution in [3.8, 4) is 0 Å². The molecule has 0 radical (unpaired) electrons. The Bertz CT molecular complexity index is 445. The zero-order valence-electron chi connectivity index (χ0n) is 10.1. The van der Waals surface area contributed by atoms with E-state index in [9.17, 15) is 14.5 Å². The third-order valence-corrected chi connectivity index (χ3v) is 3.71. The van der Waals surface area contributed by atoms with Gasteiger partial charge in [-0.2, -0.15) is 0 Å². The lowest BCUT2D eigenvalue weighted by Gasteiger charge is -2.27. The normalized spacial score (nSPS) is 18.6. The van der Waals surface area contributed by atoms with Crippen LogP contribution in [0.5, 0.6) is 0 Å². The highest BCUT2D eigenvalue weighted by atomic mass is 19.1. The Morgan fingerprint density at radius 3 is 2.61 bits per heavy atom. The molecule has 0 aliphatic heterocycles. The Balaban J connectivity index is 2.25. The molecule has 0 aromatic heterocycles. The average molecular weight is 252 g/mol. The molecule has 1 saturated carbocycles. The maximum absolute atomic E-state index is 13.7. The van der Waals surface area contributed by atoms with Gasteiger partial charge in [-0.25, -0.2) is 4.39 Å². The Kier molecular flexibility index (Phi) is 3.91. The first-order valence-corrected chi connectivity index (χ1v) is 6.29. The van der Waals surface area contributed by atoms with Crippen LogP contribution < -0.4 is 5.73 Å². The molecule has 1 aliphatic carbocycles. The standard InChI is InChI=1S/C13H17FN2O2/c14-12-7-6-10(16(17)18)8-11(12)13(15)9-4-2-1-3-5-9/h6-9,13H,1-5,15H2/t13-/m1/s1. The zero-order chi connectivity index (χ0) is 13.1. The van der Waals surface area contributed by atoms with Gasteiger partial charge in [0.25, 0.3) is 5.69 Å². The van der Waals surface area contributed by atoms with E-state index in [0.29, 0.717) is 0 Å². The summed E-state index contributed by atoms with van der Waals surface area (Å²) in [6.07, 6.45) is 5.36. The second-order valence-electron chi connectivity index (χ2n) is 4.89. The average Bonchev–Trinajstić information content (AvgIpc) is 2.39. The second kappa shape index (κ2) is 5.44. The van der Waals surface area contributed by atoms with Crippen molar-refractivity contribution in [3.05, 3.63) is 39.7 Å². The summed E-state index contributed by atoms with van der Waals surface area (Å²) >= 11 is 0. The quantitative estimate of drug-likeness (QED) is 0.662. The molecule has 1 aliphatic rings. The highest BCUT2D eigenvalue weighted by molar-refractivity contribution is 5.37. The van der Waals surface area contributed by atoms with Crippen LogP contribution in [0.2, 0.25) is 0 Å². The van der Waals surface area contributed by atoms with Gasteiger partial charge in [0.2, 0.25) is 0 Å². The van der Waals surface area contributed by atoms with Crippen molar-refractivity contribution >= 4 is 5.69 Å². The number of halogens is 1. The van der Waals surface area contributed by atoms with Crippen LogP contribution in [0, 0.1) is 21.8 Å². The van der Waals surface area contributed by atoms with Crippen molar-refractivity contribution in [2.75, 3.05) is 0 Å². The van der Waals surface area contributed by atoms with Gasteiger partial charge in [0.15, 0.2) is 0 Å². The first-order valence-electron chi connectivity index (χ1n) is 6.29. The van der Waals surface area contributed by atoms with E-state index in [0.717, 1.165) is 31.7 Å². The fourth-order valence-electron chi connectivity index (χ4n) is 2.65. The highest BCUT2D eigenvalue weighted by Crippen LogP contribution is 2.34. The van der Waals surface area contributed by atoms with E-state index in [2.05, 4.69) is 0 Å². The minimum Gasteiger partial charge on any atom is -0.324 e. The summed E-state index contributed by atoms with van der Waals surface area (Å²) in [6.45, 7) is 0. The van der Waals surface area contributed by atoms with Crippen LogP contribution in [0.15, 0.2) is 18.2 Å². The topological polar surface area (TPSA) is 69.2 Å². The molecule has 0 unspecified atom stereocenters. The summed E-state index contributed by atoms with van der Waals surface area (Å²) in [5.41, 5.74) is 6.25. The third kappa shape index (κ3) is 2.67. The molecule has 0 saturated heterocycles. The molecule has 2 N–H and O–H groups in total. The summed E-state index contributed by atoms with van der Waals surface area (Å²) in [4.78, 5) is 10.2. The number of hydrogen-bond acceptors (Lipinski definition) is 3. The summed E-state index contributed by atoms with van der Waals surface area (Å²) < 4.78 is 13.7. The summed E-state index contributed by atoms with van der Waals surface area (Å²) in [5.74, 6) is -0.214. The first kappa shape index (κ1) is 13.0. The molecule has 0 heterocycles. The molecule has 98 valence electrons. The van der Waals surface area contributed by atoms with Crippen molar-refractivity contribution in [2.24, 2.45) is 11.7 Å². The smallest absolute Gasteiger partial charge is 0.269 e. The Morgan fingerprint density at radius 2 is 2.00 bits per heavy atom. The van der Waals surface area contributed by atoms with Gasteiger partial charge in [0, 0.05) is 23.7 Å². The summed E-state index contributed by atoms with van der Waals surface area (Å²) in [7, 11) is 0. The van der Waals surface area contributed by atoms with Gasteiger partial charge >= 0.3 is 0 Å². The largest absolute Gasteiger partial charge is 0.324 e. The van der Waals surface area contributed by atoms with E-state index in [-0.39, 0.29) is 17.2 Å². The highest BCUT2D eigenvalue weighted by Gasteiger charge is 2.25. The van der Waals surface area contributed by atoms with E-state index < -0.39 is 16.8 Å². The molecule has 4 nitrogen and oxygen atoms in total. The molecule has 0 spiro atoms. The molecule has 1 aromatic rings. The van der Waals surface area contributed by atoms with Gasteiger partial charge in [-0.15, -0.1) is 0 Å². The van der Waals surface area contributed by atoms with Gasteiger partial charge in [-0.3, -0.25) is 10.1 Å². The molecule has 1 fully saturated rings. The molecule has 0 amide bonds. The van der Waals surface area contributed by atoms with Crippen LogP contribution in [-0.2, 0) is 0 Å². The Labute approximate surface area is 105 Å². The number of hydrogen-bond donors (Lipinski definition) is 1. The van der Waals surface area contributed by atoms with E-state index >= 15 is 0 Å². The number of non-ortho nitro benzene ring substituents is 1. The molecular formula is C13H17FN2O2. The van der Waals surface area contributed by atoms with Gasteiger partial charge in [0.1, 0.15) is 5.82 Å². The molecule has 18 heavy (non-hydrogen) atoms. The minimum atomic E-state index is -0.517. The van der Waals surface area contributed by atoms with Gasteiger partial charge in [0.05, 0.1) is 4.92 Å². The molecule has 1 aromatic carbocycles. The maximum atomic E-state index is 13.7. The van der Waals surface area contributed by atoms with Crippen molar-refractivity contribution in [1.29, 1.82) is 0 Å². The number of benzene rings is 1. The van der Waals surface area contributed by atoms with Crippen LogP contribution in [-0.4, -0.2) is 4.92 Å². The van der Waals surface area contributed by atoms with E-state index in [1.807, 2.05) is 0 Å². The van der Waals surface area contributed by atoms with E-state index in [4.69, 9.17) is 5.73 Å². The summed E-state index contributed by atoms with van der Waals surface area (Å²) in [5, 5.41) is 10.7. The van der Waals surface area contributed by atoms with E-state index in [1.165, 1.54) is 18.6 Å². The third-order valence-electron chi connectivity index (χ3n) is 3.71. The van der Waals surface area contributed by atoms with Crippen molar-refractivity contribution in [1.82, 2.24) is 0 Å². The number of rotatable bonds is 3.